The van der Waals surface area contributed by atoms with Crippen molar-refractivity contribution < 1.29 is 23.3 Å². The smallest absolute Gasteiger partial charge is 0.338 e. The van der Waals surface area contributed by atoms with Crippen molar-refractivity contribution in [1.29, 1.82) is 5.26 Å². The van der Waals surface area contributed by atoms with E-state index in [2.05, 4.69) is 15.7 Å². The van der Waals surface area contributed by atoms with Gasteiger partial charge in [-0.25, -0.2) is 14.3 Å². The number of H-pyrrole nitrogens is 1. The zero-order valence-corrected chi connectivity index (χ0v) is 22.3. The number of nitrogens with zero attached hydrogens (tertiary/aromatic N) is 3. The van der Waals surface area contributed by atoms with E-state index in [0.29, 0.717) is 5.56 Å². The Bertz CT molecular complexity index is 1170. The van der Waals surface area contributed by atoms with Crippen LogP contribution in [0.25, 0.3) is 0 Å². The van der Waals surface area contributed by atoms with Crippen molar-refractivity contribution in [3.05, 3.63) is 69.0 Å². The number of rotatable bonds is 12. The number of benzene rings is 1. The lowest BCUT2D eigenvalue weighted by Gasteiger charge is -2.37. The van der Waals surface area contributed by atoms with Crippen molar-refractivity contribution in [2.24, 2.45) is 0 Å². The third kappa shape index (κ3) is 7.81. The van der Waals surface area contributed by atoms with Crippen LogP contribution in [0.4, 0.5) is 0 Å². The molecule has 1 unspecified atom stereocenters. The molecule has 11 nitrogen and oxygen atoms in total. The third-order valence-corrected chi connectivity index (χ3v) is 7.77. The van der Waals surface area contributed by atoms with Crippen molar-refractivity contribution in [1.82, 2.24) is 14.2 Å². The molecule has 200 valence electrons. The lowest BCUT2D eigenvalue weighted by Crippen LogP contribution is -2.36. The van der Waals surface area contributed by atoms with Gasteiger partial charge >= 0.3 is 11.7 Å². The van der Waals surface area contributed by atoms with E-state index in [1.165, 1.54) is 16.8 Å². The SMILES string of the molecule is CC(C)N(C(C)C)P(OCCC#N)O[C@@H]1C[C@H](n2ccc(=O)[nH]c2=O)O[C@@H]1COC(=O)c1ccccc1. The first kappa shape index (κ1) is 28.7. The summed E-state index contributed by atoms with van der Waals surface area (Å²) in [4.78, 5) is 38.7. The second kappa shape index (κ2) is 13.6. The van der Waals surface area contributed by atoms with Gasteiger partial charge in [-0.05, 0) is 39.8 Å². The van der Waals surface area contributed by atoms with Crippen molar-refractivity contribution in [3.63, 3.8) is 0 Å². The molecule has 4 atom stereocenters. The second-order valence-electron chi connectivity index (χ2n) is 9.04. The summed E-state index contributed by atoms with van der Waals surface area (Å²) < 4.78 is 27.5. The van der Waals surface area contributed by atoms with Gasteiger partial charge in [-0.1, -0.05) is 18.2 Å². The van der Waals surface area contributed by atoms with Gasteiger partial charge in [0, 0.05) is 30.8 Å². The molecule has 0 spiro atoms. The zero-order chi connectivity index (χ0) is 26.9. The Morgan fingerprint density at radius 1 is 1.22 bits per heavy atom. The Labute approximate surface area is 216 Å². The Balaban J connectivity index is 1.84. The molecule has 1 aliphatic rings. The number of aromatic nitrogens is 2. The fraction of sp³-hybridized carbons (Fsp3) is 0.520. The largest absolute Gasteiger partial charge is 0.459 e. The number of esters is 1. The molecular weight excluding hydrogens is 499 g/mol. The molecule has 0 radical (unpaired) electrons. The van der Waals surface area contributed by atoms with Gasteiger partial charge in [0.25, 0.3) is 14.1 Å². The highest BCUT2D eigenvalue weighted by atomic mass is 31.2. The molecule has 37 heavy (non-hydrogen) atoms. The molecule has 1 aromatic carbocycles. The highest BCUT2D eigenvalue weighted by Crippen LogP contribution is 2.49. The van der Waals surface area contributed by atoms with Crippen LogP contribution in [0.1, 0.15) is 57.1 Å². The number of aromatic amines is 1. The van der Waals surface area contributed by atoms with E-state index < -0.39 is 44.2 Å². The molecule has 1 fully saturated rings. The van der Waals surface area contributed by atoms with Crippen LogP contribution in [-0.4, -0.2) is 57.7 Å². The van der Waals surface area contributed by atoms with E-state index >= 15 is 0 Å². The summed E-state index contributed by atoms with van der Waals surface area (Å²) in [5.74, 6) is -0.508. The number of carbonyl (C=O) groups excluding carboxylic acids is 1. The maximum Gasteiger partial charge on any atom is 0.338 e. The minimum Gasteiger partial charge on any atom is -0.459 e. The predicted molar refractivity (Wildman–Crippen MR) is 137 cm³/mol. The van der Waals surface area contributed by atoms with E-state index in [4.69, 9.17) is 23.8 Å². The molecule has 1 aliphatic heterocycles. The first-order chi connectivity index (χ1) is 17.7. The molecular formula is C25H33N4O7P. The molecule has 1 saturated heterocycles. The van der Waals surface area contributed by atoms with E-state index in [0.717, 1.165) is 0 Å². The first-order valence-corrected chi connectivity index (χ1v) is 13.3. The van der Waals surface area contributed by atoms with Gasteiger partial charge in [0.15, 0.2) is 0 Å². The van der Waals surface area contributed by atoms with Crippen molar-refractivity contribution >= 4 is 14.5 Å². The number of nitriles is 1. The molecule has 0 bridgehead atoms. The van der Waals surface area contributed by atoms with Crippen LogP contribution >= 0.6 is 8.53 Å². The normalized spacial score (nSPS) is 20.3. The summed E-state index contributed by atoms with van der Waals surface area (Å²) in [6.45, 7) is 8.19. The van der Waals surface area contributed by atoms with Crippen LogP contribution < -0.4 is 11.2 Å². The van der Waals surface area contributed by atoms with E-state index in [9.17, 15) is 14.4 Å². The number of hydrogen-bond donors (Lipinski definition) is 1. The molecule has 1 aromatic heterocycles. The molecule has 0 aliphatic carbocycles. The Morgan fingerprint density at radius 2 is 1.92 bits per heavy atom. The molecule has 12 heteroatoms. The minimum absolute atomic E-state index is 0.0856. The molecule has 2 aromatic rings. The molecule has 2 heterocycles. The summed E-state index contributed by atoms with van der Waals surface area (Å²) in [5.41, 5.74) is -0.727. The average Bonchev–Trinajstić information content (AvgIpc) is 3.24. The van der Waals surface area contributed by atoms with Gasteiger partial charge in [0.1, 0.15) is 18.9 Å². The van der Waals surface area contributed by atoms with Gasteiger partial charge < -0.3 is 18.5 Å². The standard InChI is InChI=1S/C25H33N4O7P/c1-17(2)29(18(3)4)37(34-14-8-12-26)36-20-15-23(28-13-11-22(30)27-25(28)32)35-21(20)16-33-24(31)19-9-6-5-7-10-19/h5-7,9-11,13,17-18,20-21,23H,8,14-16H2,1-4H3,(H,27,30,32)/t20-,21-,23-,37?/m1/s1. The average molecular weight is 533 g/mol. The minimum atomic E-state index is -1.61. The van der Waals surface area contributed by atoms with Gasteiger partial charge in [-0.3, -0.25) is 14.3 Å². The van der Waals surface area contributed by atoms with E-state index in [-0.39, 0.29) is 38.1 Å². The molecule has 1 N–H and O–H groups in total. The fourth-order valence-corrected chi connectivity index (χ4v) is 5.77. The van der Waals surface area contributed by atoms with Crippen LogP contribution in [0.15, 0.2) is 52.2 Å². The molecule has 3 rings (SSSR count). The van der Waals surface area contributed by atoms with Crippen molar-refractivity contribution in [2.75, 3.05) is 13.2 Å². The maximum absolute atomic E-state index is 12.6. The topological polar surface area (TPSA) is 136 Å². The van der Waals surface area contributed by atoms with Gasteiger partial charge in [-0.15, -0.1) is 0 Å². The summed E-state index contributed by atoms with van der Waals surface area (Å²) in [7, 11) is -1.61. The summed E-state index contributed by atoms with van der Waals surface area (Å²) in [5, 5.41) is 8.98. The van der Waals surface area contributed by atoms with Crippen LogP contribution in [0.2, 0.25) is 0 Å². The fourth-order valence-electron chi connectivity index (χ4n) is 4.01. The van der Waals surface area contributed by atoms with Gasteiger partial charge in [0.05, 0.1) is 30.8 Å². The van der Waals surface area contributed by atoms with E-state index in [1.54, 1.807) is 30.3 Å². The predicted octanol–water partition coefficient (Wildman–Crippen LogP) is 3.34. The molecule has 0 saturated carbocycles. The van der Waals surface area contributed by atoms with Crippen molar-refractivity contribution in [2.45, 2.75) is 71.1 Å². The van der Waals surface area contributed by atoms with Crippen LogP contribution in [0, 0.1) is 11.3 Å². The second-order valence-corrected chi connectivity index (χ2v) is 10.4. The van der Waals surface area contributed by atoms with Crippen LogP contribution in [0.3, 0.4) is 0 Å². The highest BCUT2D eigenvalue weighted by molar-refractivity contribution is 7.44. The van der Waals surface area contributed by atoms with Crippen molar-refractivity contribution in [3.8, 4) is 6.07 Å². The number of nitrogens with one attached hydrogen (secondary N) is 1. The van der Waals surface area contributed by atoms with Gasteiger partial charge in [-0.2, -0.15) is 5.26 Å². The molecule has 0 amide bonds. The zero-order valence-electron chi connectivity index (χ0n) is 21.4. The first-order valence-electron chi connectivity index (χ1n) is 12.1. The van der Waals surface area contributed by atoms with Gasteiger partial charge in [0.2, 0.25) is 0 Å². The monoisotopic (exact) mass is 532 g/mol. The van der Waals surface area contributed by atoms with E-state index in [1.807, 2.05) is 27.7 Å². The summed E-state index contributed by atoms with van der Waals surface area (Å²) in [6.07, 6.45) is -0.229. The Morgan fingerprint density at radius 3 is 2.54 bits per heavy atom. The van der Waals surface area contributed by atoms with Crippen LogP contribution in [-0.2, 0) is 18.5 Å². The highest BCUT2D eigenvalue weighted by Gasteiger charge is 2.42. The Kier molecular flexibility index (Phi) is 10.6. The third-order valence-electron chi connectivity index (χ3n) is 5.62. The lowest BCUT2D eigenvalue weighted by molar-refractivity contribution is -0.0513. The maximum atomic E-state index is 12.6. The Hall–Kier alpha value is -2.87. The lowest BCUT2D eigenvalue weighted by atomic mass is 10.2. The summed E-state index contributed by atoms with van der Waals surface area (Å²) >= 11 is 0. The number of ether oxygens (including phenoxy) is 2. The number of hydrogen-bond acceptors (Lipinski definition) is 9. The van der Waals surface area contributed by atoms with Crippen LogP contribution in [0.5, 0.6) is 0 Å². The quantitative estimate of drug-likeness (QED) is 0.248. The number of carbonyl (C=O) groups is 1. The summed E-state index contributed by atoms with van der Waals surface area (Å²) in [6, 6.07) is 12.1.